The Balaban J connectivity index is 0.00000380. The molecule has 3 aromatic carbocycles. The topological polar surface area (TPSA) is 17.8 Å². The molecule has 0 amide bonds. The molecule has 0 saturated heterocycles. The van der Waals surface area contributed by atoms with Crippen molar-refractivity contribution in [3.8, 4) is 28.2 Å². The van der Waals surface area contributed by atoms with Crippen molar-refractivity contribution in [3.63, 3.8) is 0 Å². The van der Waals surface area contributed by atoms with E-state index in [4.69, 9.17) is 4.98 Å². The summed E-state index contributed by atoms with van der Waals surface area (Å²) in [7, 11) is 0. The maximum atomic E-state index is 4.82. The molecule has 0 aliphatic heterocycles. The average Bonchev–Trinajstić information content (AvgIpc) is 3.33. The second-order valence-electron chi connectivity index (χ2n) is 10.4. The van der Waals surface area contributed by atoms with Gasteiger partial charge in [0.15, 0.2) is 0 Å². The number of hydrogen-bond donors (Lipinski definition) is 0. The molecule has 1 heterocycles. The molecule has 0 aliphatic carbocycles. The summed E-state index contributed by atoms with van der Waals surface area (Å²) in [6.07, 6.45) is 9.89. The maximum Gasteiger partial charge on any atom is 0.0603 e. The molecule has 0 bridgehead atoms. The standard InChI is InChI=1S/C34H37N2.Ir/c1-7-12-26(6)28-15-11-16-29(21-28)34-35-17-18-36(34)33-31(19-24(2)3)22-30(23-32(33)20-25(4)5)27-13-9-8-10-14-27;/h7-15,17-18,21-25H,1,19-20H2,2-6H3;/q-1;/b26-12+;. The number of aromatic nitrogens is 2. The van der Waals surface area contributed by atoms with E-state index in [9.17, 15) is 0 Å². The van der Waals surface area contributed by atoms with Gasteiger partial charge >= 0.3 is 0 Å². The van der Waals surface area contributed by atoms with Crippen molar-refractivity contribution in [1.29, 1.82) is 0 Å². The van der Waals surface area contributed by atoms with Crippen molar-refractivity contribution in [2.45, 2.75) is 47.5 Å². The smallest absolute Gasteiger partial charge is 0.0603 e. The zero-order valence-electron chi connectivity index (χ0n) is 22.6. The van der Waals surface area contributed by atoms with Crippen LogP contribution in [0.15, 0.2) is 91.8 Å². The van der Waals surface area contributed by atoms with Crippen molar-refractivity contribution in [1.82, 2.24) is 9.55 Å². The van der Waals surface area contributed by atoms with Gasteiger partial charge in [-0.2, -0.15) is 0 Å². The van der Waals surface area contributed by atoms with Crippen molar-refractivity contribution < 1.29 is 20.1 Å². The summed E-state index contributed by atoms with van der Waals surface area (Å²) in [4.78, 5) is 4.82. The molecule has 0 saturated carbocycles. The summed E-state index contributed by atoms with van der Waals surface area (Å²) in [5.41, 5.74) is 9.85. The normalized spacial score (nSPS) is 11.6. The first kappa shape index (κ1) is 28.6. The van der Waals surface area contributed by atoms with Crippen molar-refractivity contribution in [3.05, 3.63) is 115 Å². The summed E-state index contributed by atoms with van der Waals surface area (Å²) < 4.78 is 2.28. The first-order chi connectivity index (χ1) is 17.4. The van der Waals surface area contributed by atoms with E-state index in [-0.39, 0.29) is 20.1 Å². The van der Waals surface area contributed by atoms with Gasteiger partial charge in [0.1, 0.15) is 0 Å². The molecule has 4 aromatic rings. The quantitative estimate of drug-likeness (QED) is 0.129. The second-order valence-corrected chi connectivity index (χ2v) is 10.4. The Morgan fingerprint density at radius 2 is 1.59 bits per heavy atom. The van der Waals surface area contributed by atoms with Crippen LogP contribution in [0, 0.1) is 17.9 Å². The predicted octanol–water partition coefficient (Wildman–Crippen LogP) is 8.99. The molecule has 4 rings (SSSR count). The van der Waals surface area contributed by atoms with Gasteiger partial charge in [0.25, 0.3) is 0 Å². The van der Waals surface area contributed by atoms with Gasteiger partial charge in [0.05, 0.1) is 5.82 Å². The molecule has 3 heteroatoms. The van der Waals surface area contributed by atoms with Crippen molar-refractivity contribution in [2.24, 2.45) is 11.8 Å². The average molecular weight is 666 g/mol. The maximum absolute atomic E-state index is 4.82. The molecule has 0 N–H and O–H groups in total. The summed E-state index contributed by atoms with van der Waals surface area (Å²) in [5.74, 6) is 2.00. The summed E-state index contributed by atoms with van der Waals surface area (Å²) in [6, 6.07) is 25.2. The van der Waals surface area contributed by atoms with Gasteiger partial charge < -0.3 is 4.57 Å². The van der Waals surface area contributed by atoms with Crippen LogP contribution < -0.4 is 0 Å². The van der Waals surface area contributed by atoms with Gasteiger partial charge in [0.2, 0.25) is 0 Å². The van der Waals surface area contributed by atoms with E-state index in [2.05, 4.69) is 113 Å². The van der Waals surface area contributed by atoms with Crippen LogP contribution in [0.4, 0.5) is 0 Å². The third-order valence-electron chi connectivity index (χ3n) is 6.38. The van der Waals surface area contributed by atoms with Crippen LogP contribution in [0.25, 0.3) is 33.8 Å². The van der Waals surface area contributed by atoms with Crippen molar-refractivity contribution >= 4 is 5.57 Å². The summed E-state index contributed by atoms with van der Waals surface area (Å²) in [5, 5.41) is 0. The van der Waals surface area contributed by atoms with E-state index in [0.717, 1.165) is 29.8 Å². The van der Waals surface area contributed by atoms with Gasteiger partial charge in [0, 0.05) is 38.2 Å². The van der Waals surface area contributed by atoms with Crippen LogP contribution in [-0.4, -0.2) is 9.55 Å². The van der Waals surface area contributed by atoms with E-state index in [1.807, 2.05) is 24.4 Å². The molecular formula is C34H37IrN2-. The molecule has 0 aliphatic rings. The zero-order chi connectivity index (χ0) is 25.7. The van der Waals surface area contributed by atoms with Crippen LogP contribution in [0.2, 0.25) is 0 Å². The van der Waals surface area contributed by atoms with Gasteiger partial charge in [-0.05, 0) is 66.0 Å². The number of rotatable bonds is 9. The van der Waals surface area contributed by atoms with Gasteiger partial charge in [-0.1, -0.05) is 82.3 Å². The molecule has 0 spiro atoms. The van der Waals surface area contributed by atoms with Crippen LogP contribution in [0.5, 0.6) is 0 Å². The van der Waals surface area contributed by atoms with Gasteiger partial charge in [-0.15, -0.1) is 35.4 Å². The second kappa shape index (κ2) is 13.0. The van der Waals surface area contributed by atoms with E-state index < -0.39 is 0 Å². The Morgan fingerprint density at radius 3 is 2.19 bits per heavy atom. The number of allylic oxidation sites excluding steroid dienone is 3. The molecule has 0 unspecified atom stereocenters. The third-order valence-corrected chi connectivity index (χ3v) is 6.38. The van der Waals surface area contributed by atoms with E-state index >= 15 is 0 Å². The molecule has 0 fully saturated rings. The van der Waals surface area contributed by atoms with Crippen LogP contribution in [0.3, 0.4) is 0 Å². The first-order valence-electron chi connectivity index (χ1n) is 12.9. The molecule has 37 heavy (non-hydrogen) atoms. The van der Waals surface area contributed by atoms with Gasteiger partial charge in [-0.3, -0.25) is 4.98 Å². The molecule has 0 atom stereocenters. The van der Waals surface area contributed by atoms with E-state index in [1.54, 1.807) is 0 Å². The Hall–Kier alpha value is -3.00. The van der Waals surface area contributed by atoms with E-state index in [1.165, 1.54) is 33.5 Å². The number of hydrogen-bond acceptors (Lipinski definition) is 1. The largest absolute Gasteiger partial charge is 0.340 e. The molecule has 193 valence electrons. The minimum atomic E-state index is 0. The van der Waals surface area contributed by atoms with Crippen LogP contribution >= 0.6 is 0 Å². The minimum Gasteiger partial charge on any atom is -0.340 e. The fourth-order valence-electron chi connectivity index (χ4n) is 4.85. The van der Waals surface area contributed by atoms with Crippen molar-refractivity contribution in [2.75, 3.05) is 0 Å². The fourth-order valence-corrected chi connectivity index (χ4v) is 4.85. The number of benzene rings is 3. The molecule has 2 nitrogen and oxygen atoms in total. The van der Waals surface area contributed by atoms with Crippen LogP contribution in [0.1, 0.15) is 51.3 Å². The minimum absolute atomic E-state index is 0. The number of imidazole rings is 1. The monoisotopic (exact) mass is 666 g/mol. The molecule has 1 radical (unpaired) electrons. The van der Waals surface area contributed by atoms with Gasteiger partial charge in [-0.25, -0.2) is 0 Å². The Labute approximate surface area is 236 Å². The first-order valence-corrected chi connectivity index (χ1v) is 12.9. The SMILES string of the molecule is C=C/C=C(\C)c1cc[c-]c(-c2nccn2-c2c(CC(C)C)cc(-c3ccccc3)cc2CC(C)C)c1.[Ir]. The Morgan fingerprint density at radius 1 is 0.946 bits per heavy atom. The predicted molar refractivity (Wildman–Crippen MR) is 154 cm³/mol. The summed E-state index contributed by atoms with van der Waals surface area (Å²) >= 11 is 0. The molecule has 1 aromatic heterocycles. The fraction of sp³-hybridized carbons (Fsp3) is 0.265. The Bertz CT molecular complexity index is 1330. The zero-order valence-corrected chi connectivity index (χ0v) is 25.0. The number of nitrogens with zero attached hydrogens (tertiary/aromatic N) is 2. The Kier molecular flexibility index (Phi) is 10.0. The van der Waals surface area contributed by atoms with Crippen LogP contribution in [-0.2, 0) is 32.9 Å². The van der Waals surface area contributed by atoms with E-state index in [0.29, 0.717) is 11.8 Å². The molecular weight excluding hydrogens is 629 g/mol. The summed E-state index contributed by atoms with van der Waals surface area (Å²) in [6.45, 7) is 15.1. The third kappa shape index (κ3) is 6.86.